The van der Waals surface area contributed by atoms with E-state index in [9.17, 15) is 4.79 Å². The molecule has 0 aliphatic carbocycles. The Labute approximate surface area is 110 Å². The van der Waals surface area contributed by atoms with E-state index in [0.717, 1.165) is 9.61 Å². The van der Waals surface area contributed by atoms with Gasteiger partial charge < -0.3 is 4.74 Å². The van der Waals surface area contributed by atoms with Gasteiger partial charge in [-0.25, -0.2) is 4.68 Å². The van der Waals surface area contributed by atoms with E-state index in [4.69, 9.17) is 4.74 Å². The van der Waals surface area contributed by atoms with Crippen molar-refractivity contribution in [1.29, 1.82) is 0 Å². The molecule has 0 aliphatic heterocycles. The van der Waals surface area contributed by atoms with Crippen LogP contribution in [0, 0.1) is 3.57 Å². The maximum absolute atomic E-state index is 11.5. The van der Waals surface area contributed by atoms with Crippen LogP contribution in [0.2, 0.25) is 25.7 Å². The van der Waals surface area contributed by atoms with Crippen LogP contribution in [0.15, 0.2) is 17.1 Å². The Bertz CT molecular complexity index is 401. The molecule has 0 aromatic carbocycles. The van der Waals surface area contributed by atoms with Crippen molar-refractivity contribution in [3.05, 3.63) is 26.2 Å². The van der Waals surface area contributed by atoms with Crippen LogP contribution in [0.4, 0.5) is 0 Å². The molecule has 1 aromatic heterocycles. The molecule has 0 radical (unpaired) electrons. The second-order valence-electron chi connectivity index (χ2n) is 4.86. The Morgan fingerprint density at radius 2 is 2.19 bits per heavy atom. The molecule has 1 aromatic rings. The van der Waals surface area contributed by atoms with Crippen LogP contribution in [-0.4, -0.2) is 24.5 Å². The van der Waals surface area contributed by atoms with E-state index in [0.29, 0.717) is 6.61 Å². The maximum atomic E-state index is 11.5. The molecule has 0 saturated carbocycles. The van der Waals surface area contributed by atoms with Crippen molar-refractivity contribution in [2.24, 2.45) is 0 Å². The lowest BCUT2D eigenvalue weighted by Crippen LogP contribution is -2.26. The highest BCUT2D eigenvalue weighted by atomic mass is 127. The minimum absolute atomic E-state index is 0.111. The minimum Gasteiger partial charge on any atom is -0.359 e. The first kappa shape index (κ1) is 13.9. The van der Waals surface area contributed by atoms with Crippen molar-refractivity contribution in [3.8, 4) is 0 Å². The predicted molar refractivity (Wildman–Crippen MR) is 75.3 cm³/mol. The monoisotopic (exact) mass is 352 g/mol. The van der Waals surface area contributed by atoms with Crippen LogP contribution in [-0.2, 0) is 11.5 Å². The fourth-order valence-corrected chi connectivity index (χ4v) is 2.19. The molecule has 0 amide bonds. The van der Waals surface area contributed by atoms with Gasteiger partial charge in [-0.3, -0.25) is 4.79 Å². The summed E-state index contributed by atoms with van der Waals surface area (Å²) in [5.41, 5.74) is -0.111. The van der Waals surface area contributed by atoms with Gasteiger partial charge in [0.1, 0.15) is 6.73 Å². The lowest BCUT2D eigenvalue weighted by molar-refractivity contribution is 0.0749. The largest absolute Gasteiger partial charge is 0.359 e. The quantitative estimate of drug-likeness (QED) is 0.463. The van der Waals surface area contributed by atoms with Crippen LogP contribution in [0.1, 0.15) is 0 Å². The van der Waals surface area contributed by atoms with Crippen LogP contribution >= 0.6 is 22.6 Å². The van der Waals surface area contributed by atoms with Crippen LogP contribution in [0.25, 0.3) is 0 Å². The molecule has 0 N–H and O–H groups in total. The molecule has 0 fully saturated rings. The third kappa shape index (κ3) is 5.22. The molecule has 4 nitrogen and oxygen atoms in total. The molecule has 0 aliphatic rings. The minimum atomic E-state index is -1.05. The summed E-state index contributed by atoms with van der Waals surface area (Å²) < 4.78 is 7.64. The standard InChI is InChI=1S/C10H17IN2O2Si/c1-16(2,3)5-4-15-8-13-10(14)6-9(11)7-12-13/h6-7H,4-5,8H2,1-3H3. The Morgan fingerprint density at radius 1 is 1.50 bits per heavy atom. The fraction of sp³-hybridized carbons (Fsp3) is 0.600. The molecule has 0 spiro atoms. The summed E-state index contributed by atoms with van der Waals surface area (Å²) in [6.45, 7) is 7.85. The molecule has 16 heavy (non-hydrogen) atoms. The number of hydrogen-bond acceptors (Lipinski definition) is 3. The number of nitrogens with zero attached hydrogens (tertiary/aromatic N) is 2. The van der Waals surface area contributed by atoms with Gasteiger partial charge in [-0.05, 0) is 28.6 Å². The van der Waals surface area contributed by atoms with E-state index in [1.807, 2.05) is 0 Å². The first-order valence-electron chi connectivity index (χ1n) is 5.19. The van der Waals surface area contributed by atoms with Gasteiger partial charge in [0.2, 0.25) is 0 Å². The lowest BCUT2D eigenvalue weighted by atomic mass is 10.6. The second-order valence-corrected chi connectivity index (χ2v) is 11.7. The van der Waals surface area contributed by atoms with Crippen molar-refractivity contribution in [2.45, 2.75) is 32.4 Å². The number of ether oxygens (including phenoxy) is 1. The highest BCUT2D eigenvalue weighted by molar-refractivity contribution is 14.1. The van der Waals surface area contributed by atoms with Gasteiger partial charge in [-0.1, -0.05) is 19.6 Å². The van der Waals surface area contributed by atoms with E-state index in [1.165, 1.54) is 4.68 Å². The highest BCUT2D eigenvalue weighted by Gasteiger charge is 2.12. The smallest absolute Gasteiger partial charge is 0.269 e. The molecule has 90 valence electrons. The van der Waals surface area contributed by atoms with Crippen molar-refractivity contribution < 1.29 is 4.74 Å². The zero-order chi connectivity index (χ0) is 12.2. The van der Waals surface area contributed by atoms with Crippen LogP contribution in [0.5, 0.6) is 0 Å². The molecular weight excluding hydrogens is 335 g/mol. The molecular formula is C10H17IN2O2Si. The molecule has 0 saturated heterocycles. The summed E-state index contributed by atoms with van der Waals surface area (Å²) in [6.07, 6.45) is 1.66. The molecule has 1 rings (SSSR count). The van der Waals surface area contributed by atoms with E-state index in [1.54, 1.807) is 12.3 Å². The van der Waals surface area contributed by atoms with Crippen molar-refractivity contribution >= 4 is 30.7 Å². The van der Waals surface area contributed by atoms with Gasteiger partial charge in [0, 0.05) is 24.3 Å². The van der Waals surface area contributed by atoms with Gasteiger partial charge >= 0.3 is 0 Å². The Morgan fingerprint density at radius 3 is 2.75 bits per heavy atom. The third-order valence-electron chi connectivity index (χ3n) is 2.05. The Hall–Kier alpha value is -0.213. The van der Waals surface area contributed by atoms with E-state index < -0.39 is 8.07 Å². The van der Waals surface area contributed by atoms with Gasteiger partial charge in [-0.15, -0.1) is 0 Å². The zero-order valence-electron chi connectivity index (χ0n) is 9.86. The molecule has 0 unspecified atom stereocenters. The van der Waals surface area contributed by atoms with E-state index in [2.05, 4.69) is 47.3 Å². The maximum Gasteiger partial charge on any atom is 0.269 e. The highest BCUT2D eigenvalue weighted by Crippen LogP contribution is 2.07. The third-order valence-corrected chi connectivity index (χ3v) is 4.34. The number of aromatic nitrogens is 2. The summed E-state index contributed by atoms with van der Waals surface area (Å²) in [6, 6.07) is 2.65. The average molecular weight is 352 g/mol. The summed E-state index contributed by atoms with van der Waals surface area (Å²) in [5, 5.41) is 3.99. The zero-order valence-corrected chi connectivity index (χ0v) is 13.0. The summed E-state index contributed by atoms with van der Waals surface area (Å²) in [4.78, 5) is 11.5. The fourth-order valence-electron chi connectivity index (χ4n) is 1.04. The van der Waals surface area contributed by atoms with Crippen molar-refractivity contribution in [1.82, 2.24) is 9.78 Å². The molecule has 0 atom stereocenters. The number of hydrogen-bond donors (Lipinski definition) is 0. The Balaban J connectivity index is 2.41. The van der Waals surface area contributed by atoms with Gasteiger partial charge in [-0.2, -0.15) is 5.10 Å². The lowest BCUT2D eigenvalue weighted by Gasteiger charge is -2.15. The van der Waals surface area contributed by atoms with Crippen LogP contribution in [0.3, 0.4) is 0 Å². The number of halogens is 1. The van der Waals surface area contributed by atoms with Crippen molar-refractivity contribution in [3.63, 3.8) is 0 Å². The summed E-state index contributed by atoms with van der Waals surface area (Å²) in [7, 11) is -1.05. The Kier molecular flexibility index (Phi) is 5.13. The topological polar surface area (TPSA) is 44.1 Å². The van der Waals surface area contributed by atoms with E-state index in [-0.39, 0.29) is 12.3 Å². The predicted octanol–water partition coefficient (Wildman–Crippen LogP) is 2.16. The first-order chi connectivity index (χ1) is 7.38. The van der Waals surface area contributed by atoms with Gasteiger partial charge in [0.25, 0.3) is 5.56 Å². The van der Waals surface area contributed by atoms with Crippen molar-refractivity contribution in [2.75, 3.05) is 6.61 Å². The number of rotatable bonds is 5. The summed E-state index contributed by atoms with van der Waals surface area (Å²) >= 11 is 2.07. The normalized spacial score (nSPS) is 11.8. The SMILES string of the molecule is C[Si](C)(C)CCOCn1ncc(I)cc1=O. The molecule has 0 bridgehead atoms. The summed E-state index contributed by atoms with van der Waals surface area (Å²) in [5.74, 6) is 0. The second kappa shape index (κ2) is 5.92. The van der Waals surface area contributed by atoms with Crippen LogP contribution < -0.4 is 5.56 Å². The first-order valence-corrected chi connectivity index (χ1v) is 9.97. The average Bonchev–Trinajstić information content (AvgIpc) is 2.13. The van der Waals surface area contributed by atoms with E-state index >= 15 is 0 Å². The molecule has 6 heteroatoms. The molecule has 1 heterocycles. The van der Waals surface area contributed by atoms with Gasteiger partial charge in [0.05, 0.1) is 6.20 Å². The van der Waals surface area contributed by atoms with Gasteiger partial charge in [0.15, 0.2) is 0 Å².